The van der Waals surface area contributed by atoms with Gasteiger partial charge in [0.15, 0.2) is 8.32 Å². The van der Waals surface area contributed by atoms with Gasteiger partial charge in [-0.25, -0.2) is 0 Å². The summed E-state index contributed by atoms with van der Waals surface area (Å²) in [4.78, 5) is 11.3. The zero-order valence-electron chi connectivity index (χ0n) is 13.8. The number of halogens is 2. The molecule has 7 heteroatoms. The first-order valence-corrected chi connectivity index (χ1v) is 12.0. The quantitative estimate of drug-likeness (QED) is 0.270. The average Bonchev–Trinajstić information content (AvgIpc) is 3.00. The van der Waals surface area contributed by atoms with Crippen LogP contribution >= 0.6 is 0 Å². The fourth-order valence-corrected chi connectivity index (χ4v) is 4.19. The maximum atomic E-state index is 11.3. The van der Waals surface area contributed by atoms with Crippen molar-refractivity contribution in [2.75, 3.05) is 6.61 Å². The molecule has 2 nitrogen and oxygen atoms in total. The third-order valence-corrected chi connectivity index (χ3v) is 5.80. The van der Waals surface area contributed by atoms with Crippen molar-refractivity contribution in [1.29, 1.82) is 0 Å². The van der Waals surface area contributed by atoms with Crippen LogP contribution in [0.25, 0.3) is 0 Å². The van der Waals surface area contributed by atoms with Crippen molar-refractivity contribution in [2.24, 2.45) is 0 Å². The molecular weight excluding hydrogens is 399 g/mol. The molecule has 0 atom stereocenters. The van der Waals surface area contributed by atoms with Crippen LogP contribution in [0.1, 0.15) is 12.8 Å². The van der Waals surface area contributed by atoms with E-state index in [1.165, 1.54) is 10.4 Å². The fraction of sp³-hybridized carbons (Fsp3) is 0.375. The van der Waals surface area contributed by atoms with Crippen LogP contribution in [0.5, 0.6) is 0 Å². The van der Waals surface area contributed by atoms with E-state index >= 15 is 0 Å². The van der Waals surface area contributed by atoms with Crippen molar-refractivity contribution in [2.45, 2.75) is 32.5 Å². The Morgan fingerprint density at radius 3 is 2.48 bits per heavy atom. The number of carbonyl (C=O) groups excluding carboxylic acids is 1. The molecule has 0 aromatic rings. The molecule has 0 bridgehead atoms. The van der Waals surface area contributed by atoms with Crippen LogP contribution in [0.3, 0.4) is 0 Å². The van der Waals surface area contributed by atoms with Gasteiger partial charge in [0, 0.05) is 16.1 Å². The molecule has 124 valence electrons. The Bertz CT molecular complexity index is 547. The Morgan fingerprint density at radius 1 is 1.30 bits per heavy atom. The standard InChI is InChI=1S/C9H5OSi.C7H17OSi.2ClH.Ti/c10-6-3-1-2-5-4-7-9(11-7)8(5)6;1-5-6-7-8-9(2,3)4;;;/h1-3H,11H2;1,5-7H2,2-4H3;2*1H;/q2*-1;;;+4/p-2. The Hall–Kier alpha value is 0.318. The largest absolute Gasteiger partial charge is 4.00 e. The van der Waals surface area contributed by atoms with E-state index in [1.807, 2.05) is 12.2 Å². The third kappa shape index (κ3) is 7.82. The molecule has 2 aliphatic carbocycles. The first kappa shape index (κ1) is 25.6. The average molecular weight is 421 g/mol. The van der Waals surface area contributed by atoms with Gasteiger partial charge in [-0.05, 0) is 25.7 Å². The second-order valence-corrected chi connectivity index (χ2v) is 12.4. The molecule has 1 saturated heterocycles. The topological polar surface area (TPSA) is 26.3 Å². The van der Waals surface area contributed by atoms with Crippen molar-refractivity contribution in [3.63, 3.8) is 0 Å². The summed E-state index contributed by atoms with van der Waals surface area (Å²) in [6, 6.07) is 0. The Morgan fingerprint density at radius 2 is 1.96 bits per heavy atom. The molecule has 0 radical (unpaired) electrons. The molecule has 3 aliphatic rings. The summed E-state index contributed by atoms with van der Waals surface area (Å²) in [5, 5.41) is 2.74. The first-order valence-electron chi connectivity index (χ1n) is 7.15. The molecule has 1 heterocycles. The first-order chi connectivity index (χ1) is 9.42. The van der Waals surface area contributed by atoms with Gasteiger partial charge in [0.1, 0.15) is 5.78 Å². The van der Waals surface area contributed by atoms with Crippen molar-refractivity contribution < 1.29 is 55.8 Å². The van der Waals surface area contributed by atoms with Crippen molar-refractivity contribution in [3.05, 3.63) is 52.8 Å². The van der Waals surface area contributed by atoms with Crippen molar-refractivity contribution in [1.82, 2.24) is 0 Å². The SMILES string of the molecule is O=C1C=CC=C2[C-]=C3[SiH2]C3=C12.[CH2-]CCCO[Si](C)(C)C.[Cl-].[Cl-].[Ti+4]. The summed E-state index contributed by atoms with van der Waals surface area (Å²) in [6.07, 6.45) is 10.8. The van der Waals surface area contributed by atoms with E-state index in [2.05, 4.69) is 32.6 Å². The molecule has 1 aliphatic heterocycles. The number of rotatable bonds is 4. The van der Waals surface area contributed by atoms with E-state index < -0.39 is 8.32 Å². The molecule has 1 fully saturated rings. The molecule has 0 unspecified atom stereocenters. The van der Waals surface area contributed by atoms with E-state index in [0.717, 1.165) is 30.6 Å². The number of ketones is 1. The van der Waals surface area contributed by atoms with Crippen LogP contribution in [0.4, 0.5) is 0 Å². The summed E-state index contributed by atoms with van der Waals surface area (Å²) in [5.74, 6) is 0.185. The molecule has 0 aromatic carbocycles. The molecule has 0 aromatic heterocycles. The molecule has 0 spiro atoms. The summed E-state index contributed by atoms with van der Waals surface area (Å²) < 4.78 is 5.57. The van der Waals surface area contributed by atoms with Crippen LogP contribution in [0.15, 0.2) is 39.8 Å². The van der Waals surface area contributed by atoms with Crippen molar-refractivity contribution >= 4 is 23.6 Å². The zero-order valence-corrected chi connectivity index (χ0v) is 19.3. The van der Waals surface area contributed by atoms with E-state index in [4.69, 9.17) is 4.43 Å². The van der Waals surface area contributed by atoms with Gasteiger partial charge < -0.3 is 41.0 Å². The Balaban J connectivity index is 0. The smallest absolute Gasteiger partial charge is 1.00 e. The monoisotopic (exact) mass is 420 g/mol. The Kier molecular flexibility index (Phi) is 12.3. The minimum Gasteiger partial charge on any atom is -1.00 e. The van der Waals surface area contributed by atoms with Gasteiger partial charge in [0.25, 0.3) is 0 Å². The van der Waals surface area contributed by atoms with E-state index in [-0.39, 0.29) is 61.8 Å². The maximum absolute atomic E-state index is 11.3. The molecular formula is C16H22Cl2O2Si2Ti. The third-order valence-electron chi connectivity index (χ3n) is 3.14. The van der Waals surface area contributed by atoms with Crippen LogP contribution in [0.2, 0.25) is 19.6 Å². The molecule has 0 amide bonds. The predicted molar refractivity (Wildman–Crippen MR) is 88.4 cm³/mol. The summed E-state index contributed by atoms with van der Waals surface area (Å²) in [5.41, 5.74) is 2.00. The van der Waals surface area contributed by atoms with Crippen molar-refractivity contribution in [3.8, 4) is 0 Å². The van der Waals surface area contributed by atoms with Crippen LogP contribution < -0.4 is 24.8 Å². The number of allylic oxidation sites excluding steroid dienone is 8. The molecule has 0 N–H and O–H groups in total. The number of unbranched alkanes of at least 4 members (excludes halogenated alkanes) is 1. The van der Waals surface area contributed by atoms with Crippen LogP contribution in [0, 0.1) is 13.0 Å². The van der Waals surface area contributed by atoms with Gasteiger partial charge in [-0.1, -0.05) is 12.0 Å². The number of carbonyl (C=O) groups is 1. The number of hydrogen-bond acceptors (Lipinski definition) is 2. The maximum Gasteiger partial charge on any atom is 4.00 e. The molecule has 23 heavy (non-hydrogen) atoms. The van der Waals surface area contributed by atoms with Gasteiger partial charge in [-0.3, -0.25) is 0 Å². The summed E-state index contributed by atoms with van der Waals surface area (Å²) >= 11 is 0. The van der Waals surface area contributed by atoms with E-state index in [0.29, 0.717) is 0 Å². The van der Waals surface area contributed by atoms with Gasteiger partial charge in [-0.15, -0.1) is 23.8 Å². The Labute approximate surface area is 170 Å². The summed E-state index contributed by atoms with van der Waals surface area (Å²) in [7, 11) is -1.34. The zero-order chi connectivity index (χ0) is 14.8. The molecule has 3 rings (SSSR count). The van der Waals surface area contributed by atoms with Gasteiger partial charge in [0.2, 0.25) is 0 Å². The minimum absolute atomic E-state index is 0. The second-order valence-electron chi connectivity index (χ2n) is 6.11. The molecule has 0 saturated carbocycles. The van der Waals surface area contributed by atoms with E-state index in [1.54, 1.807) is 6.08 Å². The number of hydrogen-bond donors (Lipinski definition) is 0. The van der Waals surface area contributed by atoms with Gasteiger partial charge >= 0.3 is 21.7 Å². The minimum atomic E-state index is -1.22. The fourth-order valence-electron chi connectivity index (χ4n) is 2.08. The van der Waals surface area contributed by atoms with E-state index in [9.17, 15) is 4.79 Å². The normalized spacial score (nSPS) is 17.5. The van der Waals surface area contributed by atoms with Crippen LogP contribution in [-0.4, -0.2) is 30.2 Å². The number of fused-ring (bicyclic) bond motifs is 2. The predicted octanol–water partition coefficient (Wildman–Crippen LogP) is -3.35. The van der Waals surface area contributed by atoms with Gasteiger partial charge in [0.05, 0.1) is 0 Å². The summed E-state index contributed by atoms with van der Waals surface area (Å²) in [6.45, 7) is 11.3. The van der Waals surface area contributed by atoms with Crippen LogP contribution in [-0.2, 0) is 30.9 Å². The van der Waals surface area contributed by atoms with Gasteiger partial charge in [-0.2, -0.15) is 16.8 Å². The second kappa shape index (κ2) is 11.0.